The van der Waals surface area contributed by atoms with Crippen molar-refractivity contribution in [3.8, 4) is 0 Å². The summed E-state index contributed by atoms with van der Waals surface area (Å²) < 4.78 is 0. The molecule has 3 heteroatoms. The molecule has 100 valence electrons. The fraction of sp³-hybridized carbons (Fsp3) is 1.00. The molecule has 2 aliphatic rings. The van der Waals surface area contributed by atoms with E-state index in [0.29, 0.717) is 11.6 Å². The zero-order valence-corrected chi connectivity index (χ0v) is 11.7. The summed E-state index contributed by atoms with van der Waals surface area (Å²) in [5.74, 6) is 0. The molecular weight excluding hydrogens is 212 g/mol. The van der Waals surface area contributed by atoms with E-state index in [1.54, 1.807) is 0 Å². The summed E-state index contributed by atoms with van der Waals surface area (Å²) in [4.78, 5) is 4.97. The lowest BCUT2D eigenvalue weighted by molar-refractivity contribution is 0.00270. The highest BCUT2D eigenvalue weighted by molar-refractivity contribution is 4.98. The maximum absolute atomic E-state index is 9.56. The topological polar surface area (TPSA) is 26.7 Å². The van der Waals surface area contributed by atoms with Crippen molar-refractivity contribution in [1.82, 2.24) is 9.80 Å². The molecule has 0 aromatic rings. The molecule has 2 fully saturated rings. The highest BCUT2D eigenvalue weighted by Crippen LogP contribution is 2.37. The Balaban J connectivity index is 1.85. The highest BCUT2D eigenvalue weighted by Gasteiger charge is 2.40. The maximum Gasteiger partial charge on any atom is 0.0541 e. The van der Waals surface area contributed by atoms with Gasteiger partial charge in [-0.05, 0) is 66.1 Å². The summed E-state index contributed by atoms with van der Waals surface area (Å²) in [5.41, 5.74) is 0.435. The van der Waals surface area contributed by atoms with Crippen LogP contribution in [0.25, 0.3) is 0 Å². The minimum atomic E-state index is -0.0360. The van der Waals surface area contributed by atoms with Crippen LogP contribution in [0.2, 0.25) is 0 Å². The molecule has 0 radical (unpaired) electrons. The molecule has 17 heavy (non-hydrogen) atoms. The van der Waals surface area contributed by atoms with E-state index in [9.17, 15) is 5.11 Å². The van der Waals surface area contributed by atoms with Gasteiger partial charge in [0, 0.05) is 18.1 Å². The van der Waals surface area contributed by atoms with Gasteiger partial charge < -0.3 is 14.9 Å². The first-order valence-electron chi connectivity index (χ1n) is 7.09. The first kappa shape index (κ1) is 13.3. The molecule has 2 rings (SSSR count). The fourth-order valence-corrected chi connectivity index (χ4v) is 3.42. The van der Waals surface area contributed by atoms with Gasteiger partial charge in [0.15, 0.2) is 0 Å². The van der Waals surface area contributed by atoms with Gasteiger partial charge in [-0.25, -0.2) is 0 Å². The molecule has 0 amide bonds. The lowest BCUT2D eigenvalue weighted by atomic mass is 9.75. The predicted octanol–water partition coefficient (Wildman–Crippen LogP) is 1.71. The smallest absolute Gasteiger partial charge is 0.0541 e. The van der Waals surface area contributed by atoms with Crippen LogP contribution in [0.1, 0.15) is 44.9 Å². The van der Waals surface area contributed by atoms with Crippen LogP contribution >= 0.6 is 0 Å². The standard InChI is InChI=1S/C14H28N2O/c1-15(2)14(9-4-10-14)11-16(3)12-5-7-13(17)8-6-12/h12-13,17H,4-11H2,1-3H3. The van der Waals surface area contributed by atoms with Gasteiger partial charge in [-0.1, -0.05) is 0 Å². The van der Waals surface area contributed by atoms with Gasteiger partial charge in [-0.15, -0.1) is 0 Å². The van der Waals surface area contributed by atoms with Crippen molar-refractivity contribution >= 4 is 0 Å². The average Bonchev–Trinajstić information content (AvgIpc) is 2.23. The Kier molecular flexibility index (Phi) is 4.11. The van der Waals surface area contributed by atoms with Gasteiger partial charge in [-0.3, -0.25) is 0 Å². The second-order valence-corrected chi connectivity index (χ2v) is 6.35. The Labute approximate surface area is 106 Å². The molecule has 2 saturated carbocycles. The largest absolute Gasteiger partial charge is 0.393 e. The summed E-state index contributed by atoms with van der Waals surface area (Å²) in [5, 5.41) is 9.56. The van der Waals surface area contributed by atoms with Crippen LogP contribution in [-0.2, 0) is 0 Å². The van der Waals surface area contributed by atoms with E-state index < -0.39 is 0 Å². The number of aliphatic hydroxyl groups excluding tert-OH is 1. The number of hydrogen-bond acceptors (Lipinski definition) is 3. The SMILES string of the molecule is CN(CC1(N(C)C)CCC1)C1CCC(O)CC1. The lowest BCUT2D eigenvalue weighted by Gasteiger charge is -2.51. The monoisotopic (exact) mass is 240 g/mol. The van der Waals surface area contributed by atoms with Crippen LogP contribution in [0.15, 0.2) is 0 Å². The van der Waals surface area contributed by atoms with E-state index in [1.165, 1.54) is 38.6 Å². The minimum absolute atomic E-state index is 0.0360. The lowest BCUT2D eigenvalue weighted by Crippen LogP contribution is -2.58. The number of nitrogens with zero attached hydrogens (tertiary/aromatic N) is 2. The molecule has 0 aliphatic heterocycles. The van der Waals surface area contributed by atoms with E-state index in [-0.39, 0.29) is 6.10 Å². The van der Waals surface area contributed by atoms with Crippen molar-refractivity contribution in [2.45, 2.75) is 62.6 Å². The van der Waals surface area contributed by atoms with Crippen molar-refractivity contribution < 1.29 is 5.11 Å². The Morgan fingerprint density at radius 3 is 2.06 bits per heavy atom. The molecule has 0 unspecified atom stereocenters. The predicted molar refractivity (Wildman–Crippen MR) is 71.2 cm³/mol. The molecule has 0 aromatic carbocycles. The molecule has 0 bridgehead atoms. The number of aliphatic hydroxyl groups is 1. The first-order valence-corrected chi connectivity index (χ1v) is 7.09. The molecule has 0 aromatic heterocycles. The van der Waals surface area contributed by atoms with Crippen molar-refractivity contribution in [2.24, 2.45) is 0 Å². The zero-order valence-electron chi connectivity index (χ0n) is 11.7. The van der Waals surface area contributed by atoms with Crippen molar-refractivity contribution in [3.05, 3.63) is 0 Å². The van der Waals surface area contributed by atoms with Crippen LogP contribution in [-0.4, -0.2) is 60.3 Å². The zero-order chi connectivity index (χ0) is 12.5. The second-order valence-electron chi connectivity index (χ2n) is 6.35. The Morgan fingerprint density at radius 2 is 1.65 bits per heavy atom. The van der Waals surface area contributed by atoms with Crippen molar-refractivity contribution in [2.75, 3.05) is 27.7 Å². The van der Waals surface area contributed by atoms with Crippen molar-refractivity contribution in [1.29, 1.82) is 0 Å². The normalized spacial score (nSPS) is 32.8. The summed E-state index contributed by atoms with van der Waals surface area (Å²) in [7, 11) is 6.71. The van der Waals surface area contributed by atoms with Gasteiger partial charge in [0.1, 0.15) is 0 Å². The van der Waals surface area contributed by atoms with Gasteiger partial charge in [0.2, 0.25) is 0 Å². The maximum atomic E-state index is 9.56. The second kappa shape index (κ2) is 5.25. The minimum Gasteiger partial charge on any atom is -0.393 e. The molecule has 0 heterocycles. The van der Waals surface area contributed by atoms with Gasteiger partial charge in [0.25, 0.3) is 0 Å². The number of rotatable bonds is 4. The number of hydrogen-bond donors (Lipinski definition) is 1. The molecule has 3 nitrogen and oxygen atoms in total. The Bertz CT molecular complexity index is 243. The molecule has 0 saturated heterocycles. The molecule has 1 N–H and O–H groups in total. The summed E-state index contributed by atoms with van der Waals surface area (Å²) in [6, 6.07) is 0.691. The molecular formula is C14H28N2O. The Morgan fingerprint density at radius 1 is 1.06 bits per heavy atom. The van der Waals surface area contributed by atoms with Crippen LogP contribution < -0.4 is 0 Å². The average molecular weight is 240 g/mol. The van der Waals surface area contributed by atoms with Crippen LogP contribution in [0.5, 0.6) is 0 Å². The van der Waals surface area contributed by atoms with E-state index in [4.69, 9.17) is 0 Å². The Hall–Kier alpha value is -0.120. The van der Waals surface area contributed by atoms with Gasteiger partial charge in [-0.2, -0.15) is 0 Å². The summed E-state index contributed by atoms with van der Waals surface area (Å²) in [6.07, 6.45) is 8.36. The third-order valence-electron chi connectivity index (χ3n) is 5.07. The highest BCUT2D eigenvalue weighted by atomic mass is 16.3. The third-order valence-corrected chi connectivity index (χ3v) is 5.07. The fourth-order valence-electron chi connectivity index (χ4n) is 3.42. The van der Waals surface area contributed by atoms with Gasteiger partial charge in [0.05, 0.1) is 6.10 Å². The third kappa shape index (κ3) is 2.83. The summed E-state index contributed by atoms with van der Waals surface area (Å²) in [6.45, 7) is 1.20. The molecule has 2 aliphatic carbocycles. The quantitative estimate of drug-likeness (QED) is 0.810. The van der Waals surface area contributed by atoms with E-state index in [2.05, 4.69) is 30.9 Å². The summed E-state index contributed by atoms with van der Waals surface area (Å²) >= 11 is 0. The van der Waals surface area contributed by atoms with E-state index >= 15 is 0 Å². The molecule has 0 spiro atoms. The van der Waals surface area contributed by atoms with Crippen LogP contribution in [0.3, 0.4) is 0 Å². The van der Waals surface area contributed by atoms with Crippen LogP contribution in [0, 0.1) is 0 Å². The molecule has 0 atom stereocenters. The van der Waals surface area contributed by atoms with Gasteiger partial charge >= 0.3 is 0 Å². The number of likely N-dealkylation sites (N-methyl/N-ethyl adjacent to an activating group) is 2. The van der Waals surface area contributed by atoms with Crippen molar-refractivity contribution in [3.63, 3.8) is 0 Å². The van der Waals surface area contributed by atoms with E-state index in [1.807, 2.05) is 0 Å². The van der Waals surface area contributed by atoms with Crippen LogP contribution in [0.4, 0.5) is 0 Å². The van der Waals surface area contributed by atoms with E-state index in [0.717, 1.165) is 12.8 Å². The first-order chi connectivity index (χ1) is 8.03.